The minimum absolute atomic E-state index is 0.158. The van der Waals surface area contributed by atoms with Crippen molar-refractivity contribution < 1.29 is 24.4 Å². The SMILES string of the molecule is CC1(C)C(c2ccccc2)=CC=CC1(COc1cc(OCc2cncc(C#N)c2)c(CNC(CO)CO)cc1Cl)OCCCN1CCCCC1. The molecule has 10 heteroatoms. The van der Waals surface area contributed by atoms with Crippen LogP contribution in [0.1, 0.15) is 61.8 Å². The molecule has 1 unspecified atom stereocenters. The van der Waals surface area contributed by atoms with Gasteiger partial charge in [-0.2, -0.15) is 5.26 Å². The van der Waals surface area contributed by atoms with Gasteiger partial charge in [0, 0.05) is 54.7 Å². The van der Waals surface area contributed by atoms with Gasteiger partial charge in [0.15, 0.2) is 0 Å². The van der Waals surface area contributed by atoms with Gasteiger partial charge in [0.25, 0.3) is 0 Å². The second kappa shape index (κ2) is 18.0. The lowest BCUT2D eigenvalue weighted by Gasteiger charge is -2.47. The molecule has 0 amide bonds. The van der Waals surface area contributed by atoms with Crippen LogP contribution in [0.4, 0.5) is 0 Å². The molecule has 3 N–H and O–H groups in total. The predicted molar refractivity (Wildman–Crippen MR) is 196 cm³/mol. The van der Waals surface area contributed by atoms with E-state index < -0.39 is 17.1 Å². The predicted octanol–water partition coefficient (Wildman–Crippen LogP) is 6.32. The van der Waals surface area contributed by atoms with Crippen LogP contribution in [0.3, 0.4) is 0 Å². The number of hydrogen-bond acceptors (Lipinski definition) is 9. The molecule has 0 saturated carbocycles. The summed E-state index contributed by atoms with van der Waals surface area (Å²) in [6, 6.07) is 17.3. The third-order valence-corrected chi connectivity index (χ3v) is 10.1. The average Bonchev–Trinajstić information content (AvgIpc) is 3.14. The summed E-state index contributed by atoms with van der Waals surface area (Å²) in [6.45, 7) is 8.48. The molecule has 1 saturated heterocycles. The third-order valence-electron chi connectivity index (χ3n) is 9.77. The number of pyridine rings is 1. The van der Waals surface area contributed by atoms with E-state index in [1.165, 1.54) is 25.5 Å². The largest absolute Gasteiger partial charge is 0.488 e. The van der Waals surface area contributed by atoms with Gasteiger partial charge < -0.3 is 34.6 Å². The summed E-state index contributed by atoms with van der Waals surface area (Å²) in [5.74, 6) is 0.945. The Balaban J connectivity index is 1.40. The molecule has 50 heavy (non-hydrogen) atoms. The van der Waals surface area contributed by atoms with E-state index in [1.807, 2.05) is 6.07 Å². The zero-order valence-electron chi connectivity index (χ0n) is 29.1. The van der Waals surface area contributed by atoms with Gasteiger partial charge in [-0.05, 0) is 61.7 Å². The number of hydrogen-bond donors (Lipinski definition) is 3. The van der Waals surface area contributed by atoms with E-state index in [2.05, 4.69) is 77.6 Å². The fourth-order valence-corrected chi connectivity index (χ4v) is 6.86. The van der Waals surface area contributed by atoms with Crippen molar-refractivity contribution in [2.24, 2.45) is 5.41 Å². The first-order valence-corrected chi connectivity index (χ1v) is 17.8. The highest BCUT2D eigenvalue weighted by Gasteiger charge is 2.49. The Labute approximate surface area is 301 Å². The quantitative estimate of drug-likeness (QED) is 0.139. The molecule has 3 aromatic rings. The van der Waals surface area contributed by atoms with E-state index >= 15 is 0 Å². The Morgan fingerprint density at radius 3 is 2.54 bits per heavy atom. The molecule has 1 atom stereocenters. The van der Waals surface area contributed by atoms with E-state index in [4.69, 9.17) is 25.8 Å². The Morgan fingerprint density at radius 1 is 1.02 bits per heavy atom. The summed E-state index contributed by atoms with van der Waals surface area (Å²) in [6.07, 6.45) is 14.2. The molecule has 0 spiro atoms. The second-order valence-corrected chi connectivity index (χ2v) is 13.9. The summed E-state index contributed by atoms with van der Waals surface area (Å²) >= 11 is 6.88. The maximum Gasteiger partial charge on any atom is 0.141 e. The highest BCUT2D eigenvalue weighted by Crippen LogP contribution is 2.49. The van der Waals surface area contributed by atoms with Crippen LogP contribution in [0.5, 0.6) is 11.5 Å². The van der Waals surface area contributed by atoms with Crippen molar-refractivity contribution in [3.63, 3.8) is 0 Å². The minimum atomic E-state index is -0.807. The lowest BCUT2D eigenvalue weighted by atomic mass is 9.65. The molecule has 9 nitrogen and oxygen atoms in total. The summed E-state index contributed by atoms with van der Waals surface area (Å²) in [4.78, 5) is 6.68. The average molecular weight is 701 g/mol. The number of halogens is 1. The molecule has 0 bridgehead atoms. The van der Waals surface area contributed by atoms with Crippen LogP contribution in [-0.4, -0.2) is 77.8 Å². The van der Waals surface area contributed by atoms with Crippen molar-refractivity contribution in [1.82, 2.24) is 15.2 Å². The molecule has 1 aromatic heterocycles. The molecule has 2 aliphatic rings. The Hall–Kier alpha value is -3.75. The molecule has 2 aromatic carbocycles. The number of ether oxygens (including phenoxy) is 3. The van der Waals surface area contributed by atoms with Gasteiger partial charge in [-0.1, -0.05) is 74.4 Å². The molecule has 1 aliphatic carbocycles. The van der Waals surface area contributed by atoms with E-state index in [0.29, 0.717) is 28.7 Å². The number of aromatic nitrogens is 1. The van der Waals surface area contributed by atoms with Crippen LogP contribution >= 0.6 is 11.6 Å². The third kappa shape index (κ3) is 9.32. The van der Waals surface area contributed by atoms with Crippen LogP contribution in [-0.2, 0) is 17.9 Å². The fraction of sp³-hybridized carbons (Fsp3) is 0.450. The number of rotatable bonds is 17. The molecule has 1 aliphatic heterocycles. The van der Waals surface area contributed by atoms with Crippen molar-refractivity contribution in [3.05, 3.63) is 106 Å². The zero-order valence-corrected chi connectivity index (χ0v) is 29.9. The molecule has 0 radical (unpaired) electrons. The van der Waals surface area contributed by atoms with Crippen LogP contribution in [0, 0.1) is 16.7 Å². The zero-order chi connectivity index (χ0) is 35.4. The first kappa shape index (κ1) is 37.5. The number of nitrogens with one attached hydrogen (secondary N) is 1. The highest BCUT2D eigenvalue weighted by atomic mass is 35.5. The van der Waals surface area contributed by atoms with Gasteiger partial charge in [-0.15, -0.1) is 0 Å². The molecule has 2 heterocycles. The van der Waals surface area contributed by atoms with Crippen molar-refractivity contribution in [1.29, 1.82) is 5.26 Å². The van der Waals surface area contributed by atoms with E-state index in [0.717, 1.165) is 48.3 Å². The summed E-state index contributed by atoms with van der Waals surface area (Å²) in [5, 5.41) is 32.1. The normalized spacial score (nSPS) is 18.9. The summed E-state index contributed by atoms with van der Waals surface area (Å²) in [7, 11) is 0. The molecular weight excluding hydrogens is 652 g/mol. The number of aliphatic hydroxyl groups excluding tert-OH is 2. The van der Waals surface area contributed by atoms with Crippen molar-refractivity contribution in [2.45, 2.75) is 64.3 Å². The molecule has 1 fully saturated rings. The second-order valence-electron chi connectivity index (χ2n) is 13.5. The number of nitriles is 1. The number of nitrogens with zero attached hydrogens (tertiary/aromatic N) is 3. The molecule has 266 valence electrons. The van der Waals surface area contributed by atoms with E-state index in [1.54, 1.807) is 24.4 Å². The maximum atomic E-state index is 9.61. The monoisotopic (exact) mass is 700 g/mol. The van der Waals surface area contributed by atoms with Gasteiger partial charge in [0.05, 0.1) is 29.8 Å². The van der Waals surface area contributed by atoms with Gasteiger partial charge >= 0.3 is 0 Å². The van der Waals surface area contributed by atoms with Gasteiger partial charge in [-0.3, -0.25) is 4.98 Å². The minimum Gasteiger partial charge on any atom is -0.488 e. The number of aliphatic hydroxyl groups is 2. The lowest BCUT2D eigenvalue weighted by Crippen LogP contribution is -2.52. The van der Waals surface area contributed by atoms with Crippen LogP contribution < -0.4 is 14.8 Å². The Morgan fingerprint density at radius 2 is 1.80 bits per heavy atom. The summed E-state index contributed by atoms with van der Waals surface area (Å²) < 4.78 is 19.8. The Kier molecular flexibility index (Phi) is 13.5. The number of piperidine rings is 1. The van der Waals surface area contributed by atoms with Crippen LogP contribution in [0.15, 0.2) is 79.2 Å². The van der Waals surface area contributed by atoms with Gasteiger partial charge in [0.1, 0.15) is 36.4 Å². The Bertz CT molecular complexity index is 1650. The molecular formula is C40H49ClN4O5. The van der Waals surface area contributed by atoms with Gasteiger partial charge in [0.2, 0.25) is 0 Å². The van der Waals surface area contributed by atoms with Crippen molar-refractivity contribution >= 4 is 17.2 Å². The first-order chi connectivity index (χ1) is 24.3. The first-order valence-electron chi connectivity index (χ1n) is 17.5. The smallest absolute Gasteiger partial charge is 0.141 e. The van der Waals surface area contributed by atoms with E-state index in [-0.39, 0.29) is 33.0 Å². The lowest BCUT2D eigenvalue weighted by molar-refractivity contribution is -0.0929. The van der Waals surface area contributed by atoms with Crippen molar-refractivity contribution in [3.8, 4) is 17.6 Å². The number of allylic oxidation sites excluding steroid dienone is 2. The summed E-state index contributed by atoms with van der Waals surface area (Å²) in [5.41, 5.74) is 2.91. The van der Waals surface area contributed by atoms with Gasteiger partial charge in [-0.25, -0.2) is 0 Å². The van der Waals surface area contributed by atoms with Crippen LogP contribution in [0.2, 0.25) is 5.02 Å². The van der Waals surface area contributed by atoms with Crippen LogP contribution in [0.25, 0.3) is 5.57 Å². The molecule has 5 rings (SSSR count). The highest BCUT2D eigenvalue weighted by molar-refractivity contribution is 6.32. The van der Waals surface area contributed by atoms with Crippen molar-refractivity contribution in [2.75, 3.05) is 46.1 Å². The standard InChI is InChI=1S/C40H49ClN4O5/c1-39(2)35(32-11-5-3-6-12-32)13-9-14-40(39,50-18-10-17-45-15-7-4-8-16-45)29-49-38-21-37(48-28-31-19-30(22-42)23-43-24-31)33(20-36(38)41)25-44-34(26-46)27-47/h3,5-6,9,11-14,19-21,23-24,34,44,46-47H,4,7-8,10,15-18,25-29H2,1-2H3. The fourth-order valence-electron chi connectivity index (χ4n) is 6.62. The topological polar surface area (TPSA) is 120 Å². The number of likely N-dealkylation sites (tertiary alicyclic amines) is 1. The maximum absolute atomic E-state index is 9.61. The number of benzene rings is 2. The van der Waals surface area contributed by atoms with E-state index in [9.17, 15) is 15.5 Å².